The molecule has 0 aliphatic heterocycles. The summed E-state index contributed by atoms with van der Waals surface area (Å²) in [5.74, 6) is 0.770. The van der Waals surface area contributed by atoms with E-state index in [0.717, 1.165) is 9.32 Å². The van der Waals surface area contributed by atoms with Crippen LogP contribution in [0.2, 0.25) is 0 Å². The summed E-state index contributed by atoms with van der Waals surface area (Å²) in [6.07, 6.45) is 1.70. The number of benzene rings is 1. The second kappa shape index (κ2) is 5.62. The Morgan fingerprint density at radius 2 is 2.05 bits per heavy atom. The Morgan fingerprint density at radius 3 is 2.90 bits per heavy atom. The maximum absolute atomic E-state index is 11.9. The van der Waals surface area contributed by atoms with E-state index in [9.17, 15) is 4.79 Å². The summed E-state index contributed by atoms with van der Waals surface area (Å²) in [4.78, 5) is 16.3. The smallest absolute Gasteiger partial charge is 0.258 e. The van der Waals surface area contributed by atoms with Crippen molar-refractivity contribution in [2.75, 3.05) is 0 Å². The van der Waals surface area contributed by atoms with Crippen LogP contribution in [0.4, 0.5) is 0 Å². The van der Waals surface area contributed by atoms with Crippen LogP contribution in [0.25, 0.3) is 5.65 Å². The summed E-state index contributed by atoms with van der Waals surface area (Å²) < 4.78 is 8.27. The van der Waals surface area contributed by atoms with Crippen molar-refractivity contribution >= 4 is 28.2 Å². The van der Waals surface area contributed by atoms with Gasteiger partial charge in [-0.2, -0.15) is 0 Å². The number of halogens is 1. The van der Waals surface area contributed by atoms with Crippen LogP contribution in [0.1, 0.15) is 5.69 Å². The Hall–Kier alpha value is -1.89. The minimum absolute atomic E-state index is 0.100. The van der Waals surface area contributed by atoms with Gasteiger partial charge >= 0.3 is 0 Å². The Bertz CT molecular complexity index is 814. The fourth-order valence-corrected chi connectivity index (χ4v) is 2.41. The molecule has 5 heteroatoms. The number of hydrogen-bond acceptors (Lipinski definition) is 3. The monoisotopic (exact) mass is 378 g/mol. The van der Waals surface area contributed by atoms with Crippen LogP contribution in [0.15, 0.2) is 59.5 Å². The van der Waals surface area contributed by atoms with Crippen molar-refractivity contribution < 1.29 is 4.74 Å². The number of ether oxygens (including phenoxy) is 1. The number of hydrogen-bond donors (Lipinski definition) is 0. The number of nitrogens with zero attached hydrogens (tertiary/aromatic N) is 2. The molecule has 0 radical (unpaired) electrons. The first kappa shape index (κ1) is 13.1. The van der Waals surface area contributed by atoms with Crippen LogP contribution in [-0.4, -0.2) is 9.38 Å². The zero-order chi connectivity index (χ0) is 13.9. The normalized spacial score (nSPS) is 10.7. The Morgan fingerprint density at radius 1 is 1.15 bits per heavy atom. The van der Waals surface area contributed by atoms with E-state index in [1.54, 1.807) is 18.3 Å². The molecule has 4 nitrogen and oxygen atoms in total. The molecule has 3 aromatic rings. The summed E-state index contributed by atoms with van der Waals surface area (Å²) in [6.45, 7) is 0.278. The lowest BCUT2D eigenvalue weighted by Crippen LogP contribution is -2.16. The van der Waals surface area contributed by atoms with Gasteiger partial charge in [-0.1, -0.05) is 12.1 Å². The lowest BCUT2D eigenvalue weighted by molar-refractivity contribution is 0.301. The molecular weight excluding hydrogens is 367 g/mol. The number of pyridine rings is 1. The zero-order valence-corrected chi connectivity index (χ0v) is 12.6. The number of rotatable bonds is 3. The summed E-state index contributed by atoms with van der Waals surface area (Å²) >= 11 is 2.23. The van der Waals surface area contributed by atoms with Gasteiger partial charge < -0.3 is 4.74 Å². The van der Waals surface area contributed by atoms with Crippen molar-refractivity contribution in [2.45, 2.75) is 6.61 Å². The van der Waals surface area contributed by atoms with E-state index in [2.05, 4.69) is 27.6 Å². The molecule has 0 amide bonds. The Labute approximate surface area is 129 Å². The first-order valence-electron chi connectivity index (χ1n) is 6.08. The number of aromatic nitrogens is 2. The molecule has 0 aliphatic carbocycles. The molecule has 100 valence electrons. The van der Waals surface area contributed by atoms with Gasteiger partial charge in [0.2, 0.25) is 0 Å². The van der Waals surface area contributed by atoms with Crippen molar-refractivity contribution in [3.05, 3.63) is 74.3 Å². The molecule has 0 bridgehead atoms. The van der Waals surface area contributed by atoms with Crippen molar-refractivity contribution in [1.82, 2.24) is 9.38 Å². The van der Waals surface area contributed by atoms with Crippen molar-refractivity contribution in [3.63, 3.8) is 0 Å². The largest absolute Gasteiger partial charge is 0.487 e. The van der Waals surface area contributed by atoms with E-state index >= 15 is 0 Å². The van der Waals surface area contributed by atoms with Crippen LogP contribution in [0, 0.1) is 3.57 Å². The Balaban J connectivity index is 1.86. The van der Waals surface area contributed by atoms with Crippen molar-refractivity contribution in [1.29, 1.82) is 0 Å². The molecule has 0 fully saturated rings. The van der Waals surface area contributed by atoms with Gasteiger partial charge in [0, 0.05) is 15.8 Å². The summed E-state index contributed by atoms with van der Waals surface area (Å²) in [6, 6.07) is 14.7. The third kappa shape index (κ3) is 2.82. The van der Waals surface area contributed by atoms with Crippen LogP contribution >= 0.6 is 22.6 Å². The van der Waals surface area contributed by atoms with Gasteiger partial charge in [-0.05, 0) is 52.9 Å². The van der Waals surface area contributed by atoms with E-state index < -0.39 is 0 Å². The summed E-state index contributed by atoms with van der Waals surface area (Å²) in [5.41, 5.74) is 1.15. The van der Waals surface area contributed by atoms with Gasteiger partial charge in [0.1, 0.15) is 18.0 Å². The highest BCUT2D eigenvalue weighted by Gasteiger charge is 2.03. The minimum Gasteiger partial charge on any atom is -0.487 e. The van der Waals surface area contributed by atoms with E-state index in [-0.39, 0.29) is 12.2 Å². The highest BCUT2D eigenvalue weighted by molar-refractivity contribution is 14.1. The molecule has 0 aliphatic rings. The fraction of sp³-hybridized carbons (Fsp3) is 0.0667. The SMILES string of the molecule is O=c1cc(COc2cccc(I)c2)nc2ccccn12. The lowest BCUT2D eigenvalue weighted by atomic mass is 10.3. The van der Waals surface area contributed by atoms with Gasteiger partial charge in [-0.3, -0.25) is 9.20 Å². The fourth-order valence-electron chi connectivity index (χ4n) is 1.89. The van der Waals surface area contributed by atoms with E-state index in [4.69, 9.17) is 4.74 Å². The average Bonchev–Trinajstić information content (AvgIpc) is 2.45. The third-order valence-electron chi connectivity index (χ3n) is 2.81. The molecule has 2 aromatic heterocycles. The maximum atomic E-state index is 11.9. The van der Waals surface area contributed by atoms with Gasteiger partial charge in [-0.25, -0.2) is 4.98 Å². The van der Waals surface area contributed by atoms with E-state index in [0.29, 0.717) is 11.3 Å². The minimum atomic E-state index is -0.100. The van der Waals surface area contributed by atoms with Gasteiger partial charge in [0.15, 0.2) is 0 Å². The first-order chi connectivity index (χ1) is 9.72. The van der Waals surface area contributed by atoms with Gasteiger partial charge in [-0.15, -0.1) is 0 Å². The van der Waals surface area contributed by atoms with Crippen LogP contribution < -0.4 is 10.3 Å². The van der Waals surface area contributed by atoms with E-state index in [1.165, 1.54) is 10.5 Å². The lowest BCUT2D eigenvalue weighted by Gasteiger charge is -2.07. The molecule has 0 unspecified atom stereocenters. The third-order valence-corrected chi connectivity index (χ3v) is 3.48. The second-order valence-corrected chi connectivity index (χ2v) is 5.51. The standard InChI is InChI=1S/C15H11IN2O2/c16-11-4-3-5-13(8-11)20-10-12-9-15(19)18-7-2-1-6-14(18)17-12/h1-9H,10H2. The molecule has 0 saturated carbocycles. The Kier molecular flexibility index (Phi) is 3.68. The topological polar surface area (TPSA) is 43.6 Å². The van der Waals surface area contributed by atoms with E-state index in [1.807, 2.05) is 30.3 Å². The highest BCUT2D eigenvalue weighted by atomic mass is 127. The summed E-state index contributed by atoms with van der Waals surface area (Å²) in [7, 11) is 0. The van der Waals surface area contributed by atoms with Crippen LogP contribution in [0.5, 0.6) is 5.75 Å². The van der Waals surface area contributed by atoms with Crippen molar-refractivity contribution in [2.24, 2.45) is 0 Å². The predicted octanol–water partition coefficient (Wildman–Crippen LogP) is 2.88. The molecule has 0 spiro atoms. The molecule has 0 N–H and O–H groups in total. The quantitative estimate of drug-likeness (QED) is 0.659. The summed E-state index contributed by atoms with van der Waals surface area (Å²) in [5, 5.41) is 0. The predicted molar refractivity (Wildman–Crippen MR) is 85.0 cm³/mol. The van der Waals surface area contributed by atoms with Crippen LogP contribution in [-0.2, 0) is 6.61 Å². The van der Waals surface area contributed by atoms with Gasteiger partial charge in [0.05, 0.1) is 5.69 Å². The van der Waals surface area contributed by atoms with Crippen LogP contribution in [0.3, 0.4) is 0 Å². The number of fused-ring (bicyclic) bond motifs is 1. The molecule has 1 aromatic carbocycles. The first-order valence-corrected chi connectivity index (χ1v) is 7.16. The average molecular weight is 378 g/mol. The molecular formula is C15H11IN2O2. The molecule has 0 saturated heterocycles. The molecule has 3 rings (SSSR count). The van der Waals surface area contributed by atoms with Gasteiger partial charge in [0.25, 0.3) is 5.56 Å². The highest BCUT2D eigenvalue weighted by Crippen LogP contribution is 2.15. The zero-order valence-electron chi connectivity index (χ0n) is 10.5. The molecule has 2 heterocycles. The molecule has 0 atom stereocenters. The second-order valence-electron chi connectivity index (χ2n) is 4.26. The van der Waals surface area contributed by atoms with Crippen molar-refractivity contribution in [3.8, 4) is 5.75 Å². The maximum Gasteiger partial charge on any atom is 0.258 e. The molecule has 20 heavy (non-hydrogen) atoms.